The third kappa shape index (κ3) is 3.30. The van der Waals surface area contributed by atoms with E-state index in [1.54, 1.807) is 12.1 Å². The number of nitrogens with zero attached hydrogens (tertiary/aromatic N) is 2. The van der Waals surface area contributed by atoms with Crippen molar-refractivity contribution in [2.45, 2.75) is 25.4 Å². The summed E-state index contributed by atoms with van der Waals surface area (Å²) in [6.07, 6.45) is 9.48. The number of hydrogen-bond acceptors (Lipinski definition) is 3. The van der Waals surface area contributed by atoms with Crippen molar-refractivity contribution < 1.29 is 9.59 Å². The lowest BCUT2D eigenvalue weighted by Crippen LogP contribution is -2.45. The summed E-state index contributed by atoms with van der Waals surface area (Å²) in [6, 6.07) is 7.60. The van der Waals surface area contributed by atoms with Crippen LogP contribution in [0, 0.1) is 5.92 Å². The van der Waals surface area contributed by atoms with E-state index >= 15 is 0 Å². The van der Waals surface area contributed by atoms with E-state index in [9.17, 15) is 9.59 Å². The predicted molar refractivity (Wildman–Crippen MR) is 99.3 cm³/mol. The van der Waals surface area contributed by atoms with Gasteiger partial charge in [-0.15, -0.1) is 0 Å². The van der Waals surface area contributed by atoms with Gasteiger partial charge in [-0.2, -0.15) is 0 Å². The Kier molecular flexibility index (Phi) is 4.05. The standard InChI is InChI=1S/C19H17N3O2S/c23-17(20-14-9-10-14)13-7-5-12(6-8-13)11-22-18(24)15-3-1-2-4-16(15)21-19(22)25/h1-8,14-15H,9-11H2,(H,20,23). The van der Waals surface area contributed by atoms with Crippen LogP contribution in [0.4, 0.5) is 0 Å². The Morgan fingerprint density at radius 1 is 1.24 bits per heavy atom. The van der Waals surface area contributed by atoms with E-state index in [1.165, 1.54) is 4.90 Å². The minimum atomic E-state index is -0.361. The van der Waals surface area contributed by atoms with E-state index < -0.39 is 0 Å². The molecule has 1 unspecified atom stereocenters. The highest BCUT2D eigenvalue weighted by Crippen LogP contribution is 2.22. The molecule has 6 heteroatoms. The molecule has 1 aromatic rings. The molecular formula is C19H17N3O2S. The van der Waals surface area contributed by atoms with Gasteiger partial charge in [0.05, 0.1) is 18.2 Å². The molecule has 4 rings (SSSR count). The van der Waals surface area contributed by atoms with Crippen LogP contribution >= 0.6 is 12.2 Å². The van der Waals surface area contributed by atoms with Gasteiger partial charge in [0.15, 0.2) is 0 Å². The average molecular weight is 351 g/mol. The summed E-state index contributed by atoms with van der Waals surface area (Å²) in [4.78, 5) is 30.6. The van der Waals surface area contributed by atoms with E-state index in [4.69, 9.17) is 12.2 Å². The van der Waals surface area contributed by atoms with Gasteiger partial charge < -0.3 is 5.32 Å². The van der Waals surface area contributed by atoms with Crippen LogP contribution in [-0.4, -0.2) is 33.6 Å². The van der Waals surface area contributed by atoms with Gasteiger partial charge in [-0.25, -0.2) is 4.99 Å². The smallest absolute Gasteiger partial charge is 0.251 e. The van der Waals surface area contributed by atoms with Gasteiger partial charge >= 0.3 is 0 Å². The van der Waals surface area contributed by atoms with Gasteiger partial charge in [-0.05, 0) is 48.8 Å². The van der Waals surface area contributed by atoms with Crippen LogP contribution in [0.15, 0.2) is 53.6 Å². The maximum absolute atomic E-state index is 12.7. The third-order valence-electron chi connectivity index (χ3n) is 4.46. The van der Waals surface area contributed by atoms with Crippen molar-refractivity contribution >= 4 is 34.9 Å². The molecule has 1 fully saturated rings. The lowest BCUT2D eigenvalue weighted by Gasteiger charge is -2.30. The van der Waals surface area contributed by atoms with Crippen molar-refractivity contribution in [3.8, 4) is 0 Å². The maximum Gasteiger partial charge on any atom is 0.251 e. The van der Waals surface area contributed by atoms with E-state index in [-0.39, 0.29) is 22.8 Å². The summed E-state index contributed by atoms with van der Waals surface area (Å²) >= 11 is 5.29. The fourth-order valence-electron chi connectivity index (χ4n) is 2.87. The number of benzene rings is 1. The number of hydrogen-bond donors (Lipinski definition) is 1. The van der Waals surface area contributed by atoms with Crippen LogP contribution in [0.3, 0.4) is 0 Å². The SMILES string of the molecule is O=C(NC1CC1)c1ccc(CN2C(=O)C3C=CC=CC3=NC2=S)cc1. The van der Waals surface area contributed by atoms with Crippen molar-refractivity contribution in [3.05, 3.63) is 59.7 Å². The zero-order valence-corrected chi connectivity index (χ0v) is 14.3. The minimum Gasteiger partial charge on any atom is -0.349 e. The maximum atomic E-state index is 12.7. The topological polar surface area (TPSA) is 61.8 Å². The Labute approximate surface area is 151 Å². The zero-order chi connectivity index (χ0) is 17.4. The lowest BCUT2D eigenvalue weighted by atomic mass is 9.95. The monoisotopic (exact) mass is 351 g/mol. The molecule has 2 aliphatic carbocycles. The first-order valence-electron chi connectivity index (χ1n) is 8.30. The molecule has 0 spiro atoms. The van der Waals surface area contributed by atoms with Crippen LogP contribution in [0.1, 0.15) is 28.8 Å². The van der Waals surface area contributed by atoms with Crippen molar-refractivity contribution in [2.24, 2.45) is 10.9 Å². The lowest BCUT2D eigenvalue weighted by molar-refractivity contribution is -0.128. The fourth-order valence-corrected chi connectivity index (χ4v) is 3.13. The average Bonchev–Trinajstić information content (AvgIpc) is 3.43. The third-order valence-corrected chi connectivity index (χ3v) is 4.77. The minimum absolute atomic E-state index is 0.0491. The summed E-state index contributed by atoms with van der Waals surface area (Å²) in [7, 11) is 0. The summed E-state index contributed by atoms with van der Waals surface area (Å²) < 4.78 is 0. The van der Waals surface area contributed by atoms with Crippen LogP contribution in [0.2, 0.25) is 0 Å². The number of carbonyl (C=O) groups is 2. The Hall–Kier alpha value is -2.60. The molecule has 3 aliphatic rings. The van der Waals surface area contributed by atoms with Crippen molar-refractivity contribution in [3.63, 3.8) is 0 Å². The van der Waals surface area contributed by atoms with Crippen LogP contribution in [0.25, 0.3) is 0 Å². The van der Waals surface area contributed by atoms with Crippen LogP contribution in [-0.2, 0) is 11.3 Å². The van der Waals surface area contributed by atoms with E-state index in [1.807, 2.05) is 36.4 Å². The van der Waals surface area contributed by atoms with Crippen LogP contribution in [0.5, 0.6) is 0 Å². The molecular weight excluding hydrogens is 334 g/mol. The Bertz CT molecular complexity index is 835. The second kappa shape index (κ2) is 6.37. The molecule has 0 radical (unpaired) electrons. The quantitative estimate of drug-likeness (QED) is 0.848. The highest BCUT2D eigenvalue weighted by Gasteiger charge is 2.33. The first-order chi connectivity index (χ1) is 12.1. The highest BCUT2D eigenvalue weighted by atomic mass is 32.1. The zero-order valence-electron chi connectivity index (χ0n) is 13.5. The molecule has 0 aromatic heterocycles. The Morgan fingerprint density at radius 2 is 2.00 bits per heavy atom. The van der Waals surface area contributed by atoms with Gasteiger partial charge in [0.1, 0.15) is 0 Å². The van der Waals surface area contributed by atoms with E-state index in [2.05, 4.69) is 10.3 Å². The molecule has 0 saturated heterocycles. The molecule has 5 nitrogen and oxygen atoms in total. The summed E-state index contributed by atoms with van der Waals surface area (Å²) in [6.45, 7) is 0.354. The largest absolute Gasteiger partial charge is 0.349 e. The fraction of sp³-hybridized carbons (Fsp3) is 0.263. The normalized spacial score (nSPS) is 21.8. The molecule has 1 aromatic carbocycles. The number of fused-ring (bicyclic) bond motifs is 1. The summed E-state index contributed by atoms with van der Waals surface area (Å²) in [5, 5.41) is 3.24. The number of allylic oxidation sites excluding steroid dienone is 3. The molecule has 0 bridgehead atoms. The molecule has 2 amide bonds. The highest BCUT2D eigenvalue weighted by molar-refractivity contribution is 7.80. The second-order valence-electron chi connectivity index (χ2n) is 6.41. The van der Waals surface area contributed by atoms with Gasteiger partial charge in [0.2, 0.25) is 11.0 Å². The van der Waals surface area contributed by atoms with E-state index in [0.717, 1.165) is 18.4 Å². The van der Waals surface area contributed by atoms with Crippen molar-refractivity contribution in [2.75, 3.05) is 0 Å². The van der Waals surface area contributed by atoms with Gasteiger partial charge in [0, 0.05) is 11.6 Å². The summed E-state index contributed by atoms with van der Waals surface area (Å²) in [5.41, 5.74) is 2.23. The number of aliphatic imine (C=N–C) groups is 1. The molecule has 1 heterocycles. The van der Waals surface area contributed by atoms with Crippen molar-refractivity contribution in [1.29, 1.82) is 0 Å². The molecule has 1 aliphatic heterocycles. The van der Waals surface area contributed by atoms with Gasteiger partial charge in [0.25, 0.3) is 5.91 Å². The number of rotatable bonds is 4. The molecule has 126 valence electrons. The molecule has 1 atom stereocenters. The summed E-state index contributed by atoms with van der Waals surface area (Å²) in [5.74, 6) is -0.474. The molecule has 1 saturated carbocycles. The molecule has 1 N–H and O–H groups in total. The predicted octanol–water partition coefficient (Wildman–Crippen LogP) is 2.39. The number of thiocarbonyl (C=S) groups is 1. The second-order valence-corrected chi connectivity index (χ2v) is 6.78. The number of nitrogens with one attached hydrogen (secondary N) is 1. The number of amides is 2. The first-order valence-corrected chi connectivity index (χ1v) is 8.71. The van der Waals surface area contributed by atoms with E-state index in [0.29, 0.717) is 23.9 Å². The number of carbonyl (C=O) groups excluding carboxylic acids is 2. The van der Waals surface area contributed by atoms with Crippen LogP contribution < -0.4 is 5.32 Å². The van der Waals surface area contributed by atoms with Crippen molar-refractivity contribution in [1.82, 2.24) is 10.2 Å². The Balaban J connectivity index is 1.48. The van der Waals surface area contributed by atoms with Gasteiger partial charge in [-0.1, -0.05) is 30.4 Å². The first kappa shape index (κ1) is 15.9. The molecule has 25 heavy (non-hydrogen) atoms. The van der Waals surface area contributed by atoms with Gasteiger partial charge in [-0.3, -0.25) is 14.5 Å². The Morgan fingerprint density at radius 3 is 2.72 bits per heavy atom.